The maximum Gasteiger partial charge on any atom is 0.472 e. The van der Waals surface area contributed by atoms with Crippen molar-refractivity contribution in [1.82, 2.24) is 9.55 Å². The van der Waals surface area contributed by atoms with Gasteiger partial charge in [0.1, 0.15) is 29.5 Å². The highest BCUT2D eigenvalue weighted by atomic mass is 31.2. The maximum atomic E-state index is 12.5. The predicted octanol–water partition coefficient (Wildman–Crippen LogP) is -1.51. The molecule has 4 rings (SSSR count). The van der Waals surface area contributed by atoms with Gasteiger partial charge in [-0.05, 0) is 18.4 Å². The number of phosphoric ester groups is 1. The van der Waals surface area contributed by atoms with Crippen molar-refractivity contribution in [3.05, 3.63) is 34.4 Å². The van der Waals surface area contributed by atoms with E-state index in [1.807, 2.05) is 0 Å². The summed E-state index contributed by atoms with van der Waals surface area (Å²) in [6.45, 7) is -1.09. The molecule has 16 heteroatoms. The largest absolute Gasteiger partial charge is 0.472 e. The second-order valence-electron chi connectivity index (χ2n) is 8.57. The number of hydrogen-bond acceptors (Lipinski definition) is 13. The molecule has 0 spiro atoms. The van der Waals surface area contributed by atoms with Crippen molar-refractivity contribution in [3.8, 4) is 0 Å². The number of nitrogen functional groups attached to an aromatic ring is 1. The first-order valence-electron chi connectivity index (χ1n) is 10.8. The number of phosphoric acid groups is 1. The number of anilines is 1. The van der Waals surface area contributed by atoms with Crippen LogP contribution in [0.25, 0.3) is 0 Å². The average molecular weight is 531 g/mol. The Bertz CT molecular complexity index is 1190. The van der Waals surface area contributed by atoms with Crippen LogP contribution in [0, 0.1) is 17.3 Å². The number of carbonyl (C=O) groups is 2. The molecule has 2 fully saturated rings. The summed E-state index contributed by atoms with van der Waals surface area (Å²) in [6, 6.07) is 1.29. The number of carbonyl (C=O) groups excluding carboxylic acids is 2. The fourth-order valence-electron chi connectivity index (χ4n) is 4.99. The smallest absolute Gasteiger partial charge is 0.468 e. The molecule has 1 aromatic heterocycles. The normalized spacial score (nSPS) is 34.4. The summed E-state index contributed by atoms with van der Waals surface area (Å²) in [5, 5.41) is 20.5. The molecule has 2 heterocycles. The minimum absolute atomic E-state index is 0.0504. The number of esters is 2. The highest BCUT2D eigenvalue weighted by Crippen LogP contribution is 2.70. The second-order valence-corrected chi connectivity index (χ2v) is 10.0. The first-order chi connectivity index (χ1) is 17.0. The van der Waals surface area contributed by atoms with Crippen molar-refractivity contribution in [1.29, 1.82) is 0 Å². The monoisotopic (exact) mass is 531 g/mol. The van der Waals surface area contributed by atoms with Gasteiger partial charge in [0.15, 0.2) is 6.23 Å². The van der Waals surface area contributed by atoms with Gasteiger partial charge >= 0.3 is 25.5 Å². The molecule has 0 aromatic carbocycles. The summed E-state index contributed by atoms with van der Waals surface area (Å²) in [4.78, 5) is 50.3. The van der Waals surface area contributed by atoms with E-state index in [4.69, 9.17) is 29.0 Å². The molecular formula is C20H26N3O12P. The van der Waals surface area contributed by atoms with Gasteiger partial charge < -0.3 is 35.1 Å². The molecule has 5 N–H and O–H groups in total. The van der Waals surface area contributed by atoms with Crippen LogP contribution in [0.2, 0.25) is 0 Å². The molecule has 198 valence electrons. The van der Waals surface area contributed by atoms with Crippen LogP contribution in [0.4, 0.5) is 5.82 Å². The van der Waals surface area contributed by atoms with Gasteiger partial charge in [0, 0.05) is 12.1 Å². The highest BCUT2D eigenvalue weighted by molar-refractivity contribution is 7.47. The molecule has 1 unspecified atom stereocenters. The molecule has 1 saturated carbocycles. The number of allylic oxidation sites excluding steroid dienone is 1. The van der Waals surface area contributed by atoms with Gasteiger partial charge in [0.2, 0.25) is 0 Å². The number of aromatic nitrogens is 2. The molecule has 0 bridgehead atoms. The van der Waals surface area contributed by atoms with Crippen LogP contribution in [0.3, 0.4) is 0 Å². The first-order valence-corrected chi connectivity index (χ1v) is 12.3. The highest BCUT2D eigenvalue weighted by Gasteiger charge is 2.75. The predicted molar refractivity (Wildman–Crippen MR) is 117 cm³/mol. The number of fused-ring (bicyclic) bond motifs is 1. The molecule has 15 nitrogen and oxygen atoms in total. The van der Waals surface area contributed by atoms with Gasteiger partial charge in [-0.3, -0.25) is 18.4 Å². The summed E-state index contributed by atoms with van der Waals surface area (Å²) in [6.07, 6.45) is -2.65. The molecule has 36 heavy (non-hydrogen) atoms. The third-order valence-electron chi connectivity index (χ3n) is 6.78. The zero-order valence-corrected chi connectivity index (χ0v) is 20.1. The van der Waals surface area contributed by atoms with Gasteiger partial charge in [-0.15, -0.1) is 0 Å². The van der Waals surface area contributed by atoms with Gasteiger partial charge in [-0.25, -0.2) is 14.2 Å². The van der Waals surface area contributed by atoms with Crippen molar-refractivity contribution in [2.45, 2.75) is 31.0 Å². The Kier molecular flexibility index (Phi) is 7.09. The minimum atomic E-state index is -4.73. The van der Waals surface area contributed by atoms with E-state index >= 15 is 0 Å². The molecule has 8 atom stereocenters. The molecular weight excluding hydrogens is 505 g/mol. The van der Waals surface area contributed by atoms with E-state index in [1.165, 1.54) is 26.5 Å². The zero-order valence-electron chi connectivity index (χ0n) is 19.3. The minimum Gasteiger partial charge on any atom is -0.468 e. The molecule has 2 aliphatic carbocycles. The number of nitrogens with zero attached hydrogens (tertiary/aromatic N) is 2. The van der Waals surface area contributed by atoms with E-state index in [1.54, 1.807) is 6.08 Å². The number of nitrogens with two attached hydrogens (primary N) is 1. The third kappa shape index (κ3) is 4.36. The number of ether oxygens (including phenoxy) is 3. The summed E-state index contributed by atoms with van der Waals surface area (Å²) in [7, 11) is -2.39. The molecule has 1 saturated heterocycles. The SMILES string of the molecule is COC(=O)C1=CC[C@@H]2[C@H](COP(=O)(O)OC[C@H]3O[C@@H](n4ccc(N)nc4=O)[C@H](O)[C@@H]3O)[C@]12C(=O)OC. The molecule has 0 radical (unpaired) electrons. The summed E-state index contributed by atoms with van der Waals surface area (Å²) >= 11 is 0. The second kappa shape index (κ2) is 9.67. The van der Waals surface area contributed by atoms with Gasteiger partial charge in [-0.1, -0.05) is 6.08 Å². The van der Waals surface area contributed by atoms with Crippen LogP contribution in [0.1, 0.15) is 12.6 Å². The number of aliphatic hydroxyl groups is 2. The fourth-order valence-corrected chi connectivity index (χ4v) is 5.75. The summed E-state index contributed by atoms with van der Waals surface area (Å²) in [5.74, 6) is -2.44. The summed E-state index contributed by atoms with van der Waals surface area (Å²) in [5.41, 5.74) is 3.38. The number of hydrogen-bond donors (Lipinski definition) is 4. The van der Waals surface area contributed by atoms with E-state index in [0.717, 1.165) is 4.57 Å². The van der Waals surface area contributed by atoms with Crippen LogP contribution in [-0.2, 0) is 37.4 Å². The maximum absolute atomic E-state index is 12.5. The van der Waals surface area contributed by atoms with Crippen molar-refractivity contribution < 1.29 is 52.5 Å². The van der Waals surface area contributed by atoms with E-state index in [-0.39, 0.29) is 17.3 Å². The topological polar surface area (TPSA) is 219 Å². The Morgan fingerprint density at radius 2 is 1.94 bits per heavy atom. The van der Waals surface area contributed by atoms with Crippen LogP contribution in [0.15, 0.2) is 28.7 Å². The van der Waals surface area contributed by atoms with E-state index in [9.17, 15) is 34.1 Å². The Morgan fingerprint density at radius 1 is 1.25 bits per heavy atom. The Morgan fingerprint density at radius 3 is 2.58 bits per heavy atom. The van der Waals surface area contributed by atoms with Crippen molar-refractivity contribution in [3.63, 3.8) is 0 Å². The van der Waals surface area contributed by atoms with Crippen molar-refractivity contribution in [2.24, 2.45) is 17.3 Å². The lowest BCUT2D eigenvalue weighted by Crippen LogP contribution is -2.36. The third-order valence-corrected chi connectivity index (χ3v) is 7.73. The van der Waals surface area contributed by atoms with E-state index in [0.29, 0.717) is 6.42 Å². The van der Waals surface area contributed by atoms with Crippen LogP contribution < -0.4 is 11.4 Å². The number of aliphatic hydroxyl groups excluding tert-OH is 2. The summed E-state index contributed by atoms with van der Waals surface area (Å²) < 4.78 is 38.4. The molecule has 1 aromatic rings. The van der Waals surface area contributed by atoms with Gasteiger partial charge in [0.05, 0.1) is 33.0 Å². The first kappa shape index (κ1) is 26.4. The average Bonchev–Trinajstić information content (AvgIpc) is 3.15. The Labute approximate surface area is 204 Å². The van der Waals surface area contributed by atoms with Crippen LogP contribution in [0.5, 0.6) is 0 Å². The number of methoxy groups -OCH3 is 2. The lowest BCUT2D eigenvalue weighted by atomic mass is 9.94. The Balaban J connectivity index is 1.37. The molecule has 0 amide bonds. The molecule has 3 aliphatic rings. The van der Waals surface area contributed by atoms with Crippen LogP contribution in [-0.4, -0.2) is 82.3 Å². The lowest BCUT2D eigenvalue weighted by Gasteiger charge is -2.19. The molecule has 1 aliphatic heterocycles. The van der Waals surface area contributed by atoms with Crippen LogP contribution >= 0.6 is 7.82 Å². The lowest BCUT2D eigenvalue weighted by molar-refractivity contribution is -0.149. The fraction of sp³-hybridized carbons (Fsp3) is 0.600. The van der Waals surface area contributed by atoms with E-state index < -0.39 is 74.5 Å². The standard InChI is InChI=1S/C20H26N3O12P/c1-31-17(26)10-4-3-9-11(20(9,10)18(27)32-2)7-33-36(29,30)34-8-12-14(24)15(25)16(35-12)23-6-5-13(21)22-19(23)28/h4-6,9,11-12,14-16,24-25H,3,7-8H2,1-2H3,(H,29,30)(H2,21,22,28)/t9-,11+,12-,14-,15-,16-,20-/m1/s1. The zero-order chi connectivity index (χ0) is 26.4. The van der Waals surface area contributed by atoms with Gasteiger partial charge in [-0.2, -0.15) is 4.98 Å². The number of rotatable bonds is 9. The Hall–Kier alpha value is -2.65. The quantitative estimate of drug-likeness (QED) is 0.210. The van der Waals surface area contributed by atoms with E-state index in [2.05, 4.69) is 4.98 Å². The van der Waals surface area contributed by atoms with Crippen molar-refractivity contribution in [2.75, 3.05) is 33.2 Å². The van der Waals surface area contributed by atoms with Gasteiger partial charge in [0.25, 0.3) is 0 Å². The van der Waals surface area contributed by atoms with Crippen molar-refractivity contribution >= 4 is 25.6 Å².